The van der Waals surface area contributed by atoms with Crippen LogP contribution in [0.5, 0.6) is 0 Å². The van der Waals surface area contributed by atoms with Gasteiger partial charge in [-0.05, 0) is 38.4 Å². The van der Waals surface area contributed by atoms with Crippen LogP contribution in [-0.4, -0.2) is 11.5 Å². The third-order valence-corrected chi connectivity index (χ3v) is 2.14. The zero-order valence-electron chi connectivity index (χ0n) is 9.01. The predicted molar refractivity (Wildman–Crippen MR) is 60.1 cm³/mol. The molecule has 0 atom stereocenters. The summed E-state index contributed by atoms with van der Waals surface area (Å²) in [6.07, 6.45) is 2.87. The minimum atomic E-state index is 0.847. The molecule has 0 fully saturated rings. The summed E-state index contributed by atoms with van der Waals surface area (Å²) in [6.45, 7) is 9.82. The number of hydrogen-bond acceptors (Lipinski definition) is 2. The van der Waals surface area contributed by atoms with E-state index in [1.54, 1.807) is 0 Å². The van der Waals surface area contributed by atoms with Crippen molar-refractivity contribution in [3.8, 4) is 0 Å². The Bertz CT molecular complexity index is 305. The van der Waals surface area contributed by atoms with Gasteiger partial charge in [0.1, 0.15) is 0 Å². The van der Waals surface area contributed by atoms with Crippen LogP contribution in [0.25, 0.3) is 0 Å². The zero-order valence-corrected chi connectivity index (χ0v) is 9.01. The molecule has 0 aliphatic heterocycles. The van der Waals surface area contributed by atoms with Crippen molar-refractivity contribution >= 4 is 0 Å². The van der Waals surface area contributed by atoms with Gasteiger partial charge in [-0.3, -0.25) is 4.98 Å². The van der Waals surface area contributed by atoms with Crippen LogP contribution in [0.3, 0.4) is 0 Å². The van der Waals surface area contributed by atoms with Crippen molar-refractivity contribution in [2.45, 2.75) is 26.8 Å². The second kappa shape index (κ2) is 5.55. The highest BCUT2D eigenvalue weighted by atomic mass is 14.9. The van der Waals surface area contributed by atoms with E-state index < -0.39 is 0 Å². The number of nitrogens with zero attached hydrogens (tertiary/aromatic N) is 1. The maximum atomic E-state index is 4.31. The third kappa shape index (κ3) is 3.71. The van der Waals surface area contributed by atoms with E-state index in [0.717, 1.165) is 25.2 Å². The first kappa shape index (κ1) is 10.9. The lowest BCUT2D eigenvalue weighted by Gasteiger charge is -2.06. The van der Waals surface area contributed by atoms with Gasteiger partial charge in [-0.2, -0.15) is 0 Å². The Kier molecular flexibility index (Phi) is 4.33. The Balaban J connectivity index is 2.31. The van der Waals surface area contributed by atoms with Gasteiger partial charge in [0, 0.05) is 12.7 Å². The van der Waals surface area contributed by atoms with Crippen molar-refractivity contribution in [3.05, 3.63) is 41.7 Å². The summed E-state index contributed by atoms with van der Waals surface area (Å²) in [4.78, 5) is 4.31. The largest absolute Gasteiger partial charge is 0.311 e. The van der Waals surface area contributed by atoms with E-state index in [-0.39, 0.29) is 0 Å². The van der Waals surface area contributed by atoms with Gasteiger partial charge in [-0.15, -0.1) is 6.58 Å². The monoisotopic (exact) mass is 190 g/mol. The molecule has 0 bridgehead atoms. The Labute approximate surface area is 86.1 Å². The Morgan fingerprint density at radius 1 is 1.57 bits per heavy atom. The van der Waals surface area contributed by atoms with E-state index in [9.17, 15) is 0 Å². The first-order valence-corrected chi connectivity index (χ1v) is 4.95. The highest BCUT2D eigenvalue weighted by Gasteiger charge is 1.97. The van der Waals surface area contributed by atoms with Gasteiger partial charge in [-0.25, -0.2) is 0 Å². The normalized spacial score (nSPS) is 10.1. The molecule has 0 unspecified atom stereocenters. The van der Waals surface area contributed by atoms with Crippen LogP contribution in [0.1, 0.15) is 24.6 Å². The number of hydrogen-bond donors (Lipinski definition) is 1. The molecule has 1 aromatic rings. The van der Waals surface area contributed by atoms with Crippen LogP contribution in [0, 0.1) is 6.92 Å². The molecule has 0 spiro atoms. The molecule has 1 N–H and O–H groups in total. The lowest BCUT2D eigenvalue weighted by Crippen LogP contribution is -2.16. The molecule has 1 aromatic heterocycles. The lowest BCUT2D eigenvalue weighted by molar-refractivity contribution is 0.670. The fourth-order valence-corrected chi connectivity index (χ4v) is 1.21. The van der Waals surface area contributed by atoms with Crippen LogP contribution >= 0.6 is 0 Å². The van der Waals surface area contributed by atoms with Crippen LogP contribution in [0.2, 0.25) is 0 Å². The molecule has 0 aromatic carbocycles. The molecule has 0 aliphatic carbocycles. The lowest BCUT2D eigenvalue weighted by atomic mass is 10.2. The highest BCUT2D eigenvalue weighted by molar-refractivity contribution is 5.17. The molecule has 0 aliphatic rings. The Morgan fingerprint density at radius 3 is 3.00 bits per heavy atom. The van der Waals surface area contributed by atoms with Gasteiger partial charge >= 0.3 is 0 Å². The predicted octanol–water partition coefficient (Wildman–Crippen LogP) is 2.45. The number of aromatic nitrogens is 1. The summed E-state index contributed by atoms with van der Waals surface area (Å²) in [6, 6.07) is 4.05. The second-order valence-electron chi connectivity index (χ2n) is 3.65. The average Bonchev–Trinajstić information content (AvgIpc) is 2.15. The molecule has 0 saturated heterocycles. The van der Waals surface area contributed by atoms with Crippen molar-refractivity contribution in [1.29, 1.82) is 0 Å². The molecule has 76 valence electrons. The molecule has 2 heteroatoms. The van der Waals surface area contributed by atoms with Gasteiger partial charge in [0.15, 0.2) is 0 Å². The van der Waals surface area contributed by atoms with Crippen LogP contribution < -0.4 is 5.32 Å². The summed E-state index contributed by atoms with van der Waals surface area (Å²) in [5, 5.41) is 3.35. The molecule has 0 saturated carbocycles. The Morgan fingerprint density at radius 2 is 2.36 bits per heavy atom. The Hall–Kier alpha value is -1.15. The van der Waals surface area contributed by atoms with E-state index in [4.69, 9.17) is 0 Å². The topological polar surface area (TPSA) is 24.9 Å². The molecule has 14 heavy (non-hydrogen) atoms. The van der Waals surface area contributed by atoms with E-state index in [1.165, 1.54) is 11.1 Å². The van der Waals surface area contributed by atoms with Gasteiger partial charge < -0.3 is 5.32 Å². The smallest absolute Gasteiger partial charge is 0.0570 e. The SMILES string of the molecule is C=C(C)CCNCc1ncccc1C. The molecule has 1 rings (SSSR count). The van der Waals surface area contributed by atoms with Crippen molar-refractivity contribution < 1.29 is 0 Å². The van der Waals surface area contributed by atoms with Crippen LogP contribution in [-0.2, 0) is 6.54 Å². The van der Waals surface area contributed by atoms with Gasteiger partial charge in [-0.1, -0.05) is 11.6 Å². The van der Waals surface area contributed by atoms with Gasteiger partial charge in [0.25, 0.3) is 0 Å². The van der Waals surface area contributed by atoms with Crippen molar-refractivity contribution in [2.24, 2.45) is 0 Å². The molecule has 0 amide bonds. The van der Waals surface area contributed by atoms with Gasteiger partial charge in [0.2, 0.25) is 0 Å². The number of nitrogens with one attached hydrogen (secondary N) is 1. The number of aryl methyl sites for hydroxylation is 1. The van der Waals surface area contributed by atoms with E-state index in [2.05, 4.69) is 29.9 Å². The minimum Gasteiger partial charge on any atom is -0.311 e. The van der Waals surface area contributed by atoms with Crippen molar-refractivity contribution in [3.63, 3.8) is 0 Å². The maximum absolute atomic E-state index is 4.31. The maximum Gasteiger partial charge on any atom is 0.0570 e. The summed E-state index contributed by atoms with van der Waals surface area (Å²) in [5.74, 6) is 0. The summed E-state index contributed by atoms with van der Waals surface area (Å²) < 4.78 is 0. The van der Waals surface area contributed by atoms with E-state index in [1.807, 2.05) is 19.2 Å². The molecule has 0 radical (unpaired) electrons. The van der Waals surface area contributed by atoms with Crippen LogP contribution in [0.4, 0.5) is 0 Å². The zero-order chi connectivity index (χ0) is 10.4. The van der Waals surface area contributed by atoms with E-state index in [0.29, 0.717) is 0 Å². The summed E-state index contributed by atoms with van der Waals surface area (Å²) >= 11 is 0. The minimum absolute atomic E-state index is 0.847. The fourth-order valence-electron chi connectivity index (χ4n) is 1.21. The van der Waals surface area contributed by atoms with Gasteiger partial charge in [0.05, 0.1) is 5.69 Å². The summed E-state index contributed by atoms with van der Waals surface area (Å²) in [5.41, 5.74) is 3.60. The highest BCUT2D eigenvalue weighted by Crippen LogP contribution is 2.02. The quantitative estimate of drug-likeness (QED) is 0.570. The van der Waals surface area contributed by atoms with E-state index >= 15 is 0 Å². The second-order valence-corrected chi connectivity index (χ2v) is 3.65. The standard InChI is InChI=1S/C12H18N2/c1-10(2)6-8-13-9-12-11(3)5-4-7-14-12/h4-5,7,13H,1,6,8-9H2,2-3H3. The molecule has 1 heterocycles. The van der Waals surface area contributed by atoms with Crippen molar-refractivity contribution in [1.82, 2.24) is 10.3 Å². The first-order chi connectivity index (χ1) is 6.70. The molecular formula is C12H18N2. The first-order valence-electron chi connectivity index (χ1n) is 4.95. The number of rotatable bonds is 5. The number of pyridine rings is 1. The third-order valence-electron chi connectivity index (χ3n) is 2.14. The summed E-state index contributed by atoms with van der Waals surface area (Å²) in [7, 11) is 0. The van der Waals surface area contributed by atoms with Crippen LogP contribution in [0.15, 0.2) is 30.5 Å². The molecular weight excluding hydrogens is 172 g/mol. The average molecular weight is 190 g/mol. The fraction of sp³-hybridized carbons (Fsp3) is 0.417. The molecule has 2 nitrogen and oxygen atoms in total. The van der Waals surface area contributed by atoms with Crippen molar-refractivity contribution in [2.75, 3.05) is 6.54 Å².